The maximum absolute atomic E-state index is 12.7. The second-order valence-corrected chi connectivity index (χ2v) is 6.71. The molecule has 4 atom stereocenters. The number of carbonyl (C=O) groups is 3. The fourth-order valence-electron chi connectivity index (χ4n) is 3.14. The van der Waals surface area contributed by atoms with E-state index in [-0.39, 0.29) is 6.42 Å². The quantitative estimate of drug-likeness (QED) is 0.527. The standard InChI is InChI=1S/C15H19F6N3O4/c16-14(17,18)8-4-10(23-5-8)13(27)24-9(3-7-1-2-22-12(7)26)11(25)6-28-15(19,20)21/h7-10,23H,1-6H2,(H,22,26)(H,24,27)/t7-,8+,9?,10-/m0/s1. The third-order valence-corrected chi connectivity index (χ3v) is 4.68. The number of ether oxygens (including phenoxy) is 1. The molecule has 2 aliphatic heterocycles. The molecule has 0 aromatic carbocycles. The first-order valence-corrected chi connectivity index (χ1v) is 8.48. The fourth-order valence-corrected chi connectivity index (χ4v) is 3.14. The van der Waals surface area contributed by atoms with Crippen LogP contribution in [0.1, 0.15) is 19.3 Å². The van der Waals surface area contributed by atoms with Crippen molar-refractivity contribution in [3.8, 4) is 0 Å². The van der Waals surface area contributed by atoms with Crippen LogP contribution in [-0.4, -0.2) is 61.9 Å². The van der Waals surface area contributed by atoms with Crippen LogP contribution in [0.2, 0.25) is 0 Å². The predicted octanol–water partition coefficient (Wildman–Crippen LogP) is 0.643. The Morgan fingerprint density at radius 1 is 1.21 bits per heavy atom. The van der Waals surface area contributed by atoms with E-state index < -0.39 is 73.6 Å². The molecule has 0 aromatic rings. The SMILES string of the molecule is O=C(COC(F)(F)F)C(C[C@@H]1CCNC1=O)NC(=O)[C@@H]1C[C@@H](C(F)(F)F)CN1. The second kappa shape index (κ2) is 8.64. The minimum Gasteiger partial charge on any atom is -0.356 e. The molecule has 13 heteroatoms. The highest BCUT2D eigenvalue weighted by Gasteiger charge is 2.46. The van der Waals surface area contributed by atoms with Crippen LogP contribution in [0, 0.1) is 11.8 Å². The van der Waals surface area contributed by atoms with Crippen molar-refractivity contribution in [2.45, 2.75) is 43.9 Å². The van der Waals surface area contributed by atoms with E-state index in [0.717, 1.165) is 0 Å². The molecular formula is C15H19F6N3O4. The van der Waals surface area contributed by atoms with E-state index in [9.17, 15) is 40.7 Å². The van der Waals surface area contributed by atoms with Gasteiger partial charge in [-0.05, 0) is 19.3 Å². The van der Waals surface area contributed by atoms with Gasteiger partial charge in [0.2, 0.25) is 11.8 Å². The van der Waals surface area contributed by atoms with Crippen molar-refractivity contribution in [2.75, 3.05) is 19.7 Å². The van der Waals surface area contributed by atoms with Crippen LogP contribution in [0.5, 0.6) is 0 Å². The van der Waals surface area contributed by atoms with Crippen molar-refractivity contribution in [3.05, 3.63) is 0 Å². The van der Waals surface area contributed by atoms with E-state index in [4.69, 9.17) is 0 Å². The molecule has 2 fully saturated rings. The second-order valence-electron chi connectivity index (χ2n) is 6.71. The summed E-state index contributed by atoms with van der Waals surface area (Å²) >= 11 is 0. The number of carbonyl (C=O) groups excluding carboxylic acids is 3. The van der Waals surface area contributed by atoms with E-state index in [1.54, 1.807) is 0 Å². The van der Waals surface area contributed by atoms with E-state index >= 15 is 0 Å². The summed E-state index contributed by atoms with van der Waals surface area (Å²) in [5.74, 6) is -4.95. The molecule has 2 heterocycles. The molecule has 2 saturated heterocycles. The Morgan fingerprint density at radius 3 is 2.39 bits per heavy atom. The average molecular weight is 419 g/mol. The average Bonchev–Trinajstić information content (AvgIpc) is 3.20. The van der Waals surface area contributed by atoms with Gasteiger partial charge in [0.15, 0.2) is 5.78 Å². The van der Waals surface area contributed by atoms with Gasteiger partial charge in [0.05, 0.1) is 18.0 Å². The summed E-state index contributed by atoms with van der Waals surface area (Å²) in [6, 6.07) is -2.74. The minimum atomic E-state index is -5.07. The molecule has 2 rings (SSSR count). The van der Waals surface area contributed by atoms with Crippen LogP contribution in [0.25, 0.3) is 0 Å². The van der Waals surface area contributed by atoms with Crippen molar-refractivity contribution < 1.29 is 45.5 Å². The topological polar surface area (TPSA) is 96.5 Å². The maximum atomic E-state index is 12.7. The first-order valence-electron chi connectivity index (χ1n) is 8.48. The van der Waals surface area contributed by atoms with Crippen LogP contribution in [0.4, 0.5) is 26.3 Å². The van der Waals surface area contributed by atoms with Crippen LogP contribution < -0.4 is 16.0 Å². The Kier molecular flexibility index (Phi) is 6.91. The lowest BCUT2D eigenvalue weighted by Crippen LogP contribution is -2.50. The normalized spacial score (nSPS) is 26.8. The number of halogens is 6. The van der Waals surface area contributed by atoms with Crippen LogP contribution >= 0.6 is 0 Å². The molecule has 7 nitrogen and oxygen atoms in total. The molecule has 160 valence electrons. The number of nitrogens with one attached hydrogen (secondary N) is 3. The monoisotopic (exact) mass is 419 g/mol. The molecule has 3 N–H and O–H groups in total. The van der Waals surface area contributed by atoms with Crippen molar-refractivity contribution in [2.24, 2.45) is 11.8 Å². The molecule has 0 spiro atoms. The Labute approximate surface area is 155 Å². The molecular weight excluding hydrogens is 400 g/mol. The van der Waals surface area contributed by atoms with Gasteiger partial charge in [-0.1, -0.05) is 0 Å². The summed E-state index contributed by atoms with van der Waals surface area (Å²) in [5.41, 5.74) is 0. The minimum absolute atomic E-state index is 0.271. The number of hydrogen-bond acceptors (Lipinski definition) is 5. The van der Waals surface area contributed by atoms with Gasteiger partial charge in [0, 0.05) is 19.0 Å². The summed E-state index contributed by atoms with van der Waals surface area (Å²) < 4.78 is 78.1. The number of Topliss-reactive ketones (excluding diaryl/α,β-unsaturated/α-hetero) is 1. The van der Waals surface area contributed by atoms with E-state index in [1.165, 1.54) is 0 Å². The van der Waals surface area contributed by atoms with E-state index in [2.05, 4.69) is 20.7 Å². The van der Waals surface area contributed by atoms with Gasteiger partial charge in [-0.25, -0.2) is 0 Å². The Hall–Kier alpha value is -1.89. The third kappa shape index (κ3) is 6.33. The third-order valence-electron chi connectivity index (χ3n) is 4.68. The van der Waals surface area contributed by atoms with Gasteiger partial charge in [-0.2, -0.15) is 13.2 Å². The number of ketones is 1. The number of hydrogen-bond donors (Lipinski definition) is 3. The smallest absolute Gasteiger partial charge is 0.356 e. The van der Waals surface area contributed by atoms with Crippen molar-refractivity contribution in [1.29, 1.82) is 0 Å². The molecule has 1 unspecified atom stereocenters. The Bertz CT molecular complexity index is 610. The molecule has 0 saturated carbocycles. The number of amides is 2. The molecule has 0 aliphatic carbocycles. The lowest BCUT2D eigenvalue weighted by atomic mass is 9.95. The Morgan fingerprint density at radius 2 is 1.89 bits per heavy atom. The molecule has 2 aliphatic rings. The van der Waals surface area contributed by atoms with Gasteiger partial charge in [-0.3, -0.25) is 19.1 Å². The summed E-state index contributed by atoms with van der Waals surface area (Å²) in [6.45, 7) is -1.55. The van der Waals surface area contributed by atoms with Gasteiger partial charge in [-0.15, -0.1) is 13.2 Å². The van der Waals surface area contributed by atoms with Crippen molar-refractivity contribution in [1.82, 2.24) is 16.0 Å². The fraction of sp³-hybridized carbons (Fsp3) is 0.800. The summed E-state index contributed by atoms with van der Waals surface area (Å²) in [7, 11) is 0. The van der Waals surface area contributed by atoms with Gasteiger partial charge in [0.25, 0.3) is 0 Å². The summed E-state index contributed by atoms with van der Waals surface area (Å²) in [6.07, 6.45) is -10.1. The van der Waals surface area contributed by atoms with Gasteiger partial charge < -0.3 is 16.0 Å². The highest BCUT2D eigenvalue weighted by atomic mass is 19.4. The zero-order chi connectivity index (χ0) is 21.1. The van der Waals surface area contributed by atoms with Crippen LogP contribution in [-0.2, 0) is 19.1 Å². The van der Waals surface area contributed by atoms with Gasteiger partial charge in [0.1, 0.15) is 6.61 Å². The lowest BCUT2D eigenvalue weighted by molar-refractivity contribution is -0.321. The summed E-state index contributed by atoms with van der Waals surface area (Å²) in [5, 5.41) is 7.04. The molecule has 0 radical (unpaired) electrons. The first-order chi connectivity index (χ1) is 12.9. The lowest BCUT2D eigenvalue weighted by Gasteiger charge is -2.22. The Balaban J connectivity index is 2.00. The van der Waals surface area contributed by atoms with Crippen molar-refractivity contribution in [3.63, 3.8) is 0 Å². The molecule has 0 aromatic heterocycles. The maximum Gasteiger partial charge on any atom is 0.522 e. The molecule has 28 heavy (non-hydrogen) atoms. The zero-order valence-electron chi connectivity index (χ0n) is 14.5. The predicted molar refractivity (Wildman–Crippen MR) is 80.6 cm³/mol. The largest absolute Gasteiger partial charge is 0.522 e. The molecule has 2 amide bonds. The van der Waals surface area contributed by atoms with E-state index in [0.29, 0.717) is 13.0 Å². The first kappa shape index (κ1) is 22.4. The highest BCUT2D eigenvalue weighted by Crippen LogP contribution is 2.32. The summed E-state index contributed by atoms with van der Waals surface area (Å²) in [4.78, 5) is 36.0. The van der Waals surface area contributed by atoms with E-state index in [1.807, 2.05) is 0 Å². The molecule has 0 bridgehead atoms. The van der Waals surface area contributed by atoms with Crippen LogP contribution in [0.15, 0.2) is 0 Å². The van der Waals surface area contributed by atoms with Gasteiger partial charge >= 0.3 is 12.5 Å². The van der Waals surface area contributed by atoms with Crippen LogP contribution in [0.3, 0.4) is 0 Å². The van der Waals surface area contributed by atoms with Crippen molar-refractivity contribution >= 4 is 17.6 Å². The zero-order valence-corrected chi connectivity index (χ0v) is 14.5. The number of rotatable bonds is 7. The number of alkyl halides is 6. The highest BCUT2D eigenvalue weighted by molar-refractivity contribution is 5.92.